The number of halogens is 1. The van der Waals surface area contributed by atoms with Crippen LogP contribution >= 0.6 is 0 Å². The number of nitrogens with zero attached hydrogens (tertiary/aromatic N) is 2. The molecule has 1 aromatic rings. The lowest BCUT2D eigenvalue weighted by atomic mass is 10.1. The molecular formula is C16H24FN3. The smallest absolute Gasteiger partial charge is 0.126 e. The fraction of sp³-hybridized carbons (Fsp3) is 0.625. The number of benzene rings is 1. The highest BCUT2D eigenvalue weighted by atomic mass is 19.1. The maximum Gasteiger partial charge on any atom is 0.126 e. The van der Waals surface area contributed by atoms with Crippen LogP contribution in [0, 0.1) is 5.82 Å². The summed E-state index contributed by atoms with van der Waals surface area (Å²) in [5.41, 5.74) is 2.09. The van der Waals surface area contributed by atoms with Gasteiger partial charge in [0.15, 0.2) is 0 Å². The van der Waals surface area contributed by atoms with E-state index in [0.717, 1.165) is 57.7 Å². The molecular weight excluding hydrogens is 253 g/mol. The van der Waals surface area contributed by atoms with Gasteiger partial charge in [-0.1, -0.05) is 12.1 Å². The van der Waals surface area contributed by atoms with Crippen LogP contribution in [-0.4, -0.2) is 56.1 Å². The summed E-state index contributed by atoms with van der Waals surface area (Å²) in [5, 5.41) is 3.60. The average molecular weight is 277 g/mol. The fourth-order valence-corrected chi connectivity index (χ4v) is 3.29. The minimum atomic E-state index is -0.0362. The van der Waals surface area contributed by atoms with Crippen LogP contribution in [0.5, 0.6) is 0 Å². The summed E-state index contributed by atoms with van der Waals surface area (Å²) >= 11 is 0. The van der Waals surface area contributed by atoms with Crippen LogP contribution in [0.2, 0.25) is 0 Å². The van der Waals surface area contributed by atoms with Crippen molar-refractivity contribution in [3.05, 3.63) is 35.1 Å². The van der Waals surface area contributed by atoms with E-state index in [1.54, 1.807) is 6.07 Å². The van der Waals surface area contributed by atoms with Gasteiger partial charge in [0.05, 0.1) is 0 Å². The van der Waals surface area contributed by atoms with Gasteiger partial charge in [-0.3, -0.25) is 4.90 Å². The van der Waals surface area contributed by atoms with Gasteiger partial charge in [-0.15, -0.1) is 0 Å². The van der Waals surface area contributed by atoms with Crippen molar-refractivity contribution in [1.82, 2.24) is 15.1 Å². The first kappa shape index (κ1) is 14.0. The molecule has 1 atom stereocenters. The molecule has 3 rings (SSSR count). The Balaban J connectivity index is 1.48. The monoisotopic (exact) mass is 277 g/mol. The van der Waals surface area contributed by atoms with E-state index in [1.165, 1.54) is 5.56 Å². The second-order valence-electron chi connectivity index (χ2n) is 6.00. The number of hydrogen-bond acceptors (Lipinski definition) is 3. The molecule has 1 saturated heterocycles. The Kier molecular flexibility index (Phi) is 4.34. The molecule has 1 aromatic carbocycles. The maximum atomic E-state index is 13.7. The van der Waals surface area contributed by atoms with Gasteiger partial charge in [0.1, 0.15) is 5.82 Å². The number of nitrogens with one attached hydrogen (secondary N) is 1. The predicted octanol–water partition coefficient (Wildman–Crippen LogP) is 1.65. The third kappa shape index (κ3) is 3.03. The predicted molar refractivity (Wildman–Crippen MR) is 79.4 cm³/mol. The van der Waals surface area contributed by atoms with Gasteiger partial charge in [0.25, 0.3) is 0 Å². The minimum absolute atomic E-state index is 0.0362. The molecule has 0 aromatic heterocycles. The van der Waals surface area contributed by atoms with E-state index in [4.69, 9.17) is 0 Å². The molecule has 0 amide bonds. The van der Waals surface area contributed by atoms with Crippen LogP contribution in [0.25, 0.3) is 0 Å². The zero-order valence-electron chi connectivity index (χ0n) is 12.2. The van der Waals surface area contributed by atoms with Crippen molar-refractivity contribution in [2.24, 2.45) is 0 Å². The van der Waals surface area contributed by atoms with Crippen LogP contribution in [0.1, 0.15) is 23.6 Å². The van der Waals surface area contributed by atoms with Gasteiger partial charge in [-0.05, 0) is 37.1 Å². The van der Waals surface area contributed by atoms with E-state index < -0.39 is 0 Å². The standard InChI is InChI=1S/C16H24FN3/c1-19-9-11-20(12-10-19)8-7-18-16-6-5-13-14(16)3-2-4-15(13)17/h2-4,16,18H,5-12H2,1H3. The van der Waals surface area contributed by atoms with Crippen molar-refractivity contribution in [1.29, 1.82) is 0 Å². The molecule has 0 spiro atoms. The average Bonchev–Trinajstić information content (AvgIpc) is 2.86. The molecule has 1 heterocycles. The summed E-state index contributed by atoms with van der Waals surface area (Å²) in [7, 11) is 2.18. The summed E-state index contributed by atoms with van der Waals surface area (Å²) in [6.07, 6.45) is 1.90. The van der Waals surface area contributed by atoms with E-state index in [-0.39, 0.29) is 5.82 Å². The van der Waals surface area contributed by atoms with Crippen molar-refractivity contribution in [2.45, 2.75) is 18.9 Å². The number of piperazine rings is 1. The molecule has 0 radical (unpaired) electrons. The second kappa shape index (κ2) is 6.20. The van der Waals surface area contributed by atoms with Gasteiger partial charge in [-0.25, -0.2) is 4.39 Å². The highest BCUT2D eigenvalue weighted by molar-refractivity contribution is 5.35. The van der Waals surface area contributed by atoms with Crippen LogP contribution in [0.4, 0.5) is 4.39 Å². The first-order chi connectivity index (χ1) is 9.74. The second-order valence-corrected chi connectivity index (χ2v) is 6.00. The normalized spacial score (nSPS) is 24.0. The Hall–Kier alpha value is -0.970. The van der Waals surface area contributed by atoms with Crippen LogP contribution in [0.15, 0.2) is 18.2 Å². The Morgan fingerprint density at radius 1 is 1.25 bits per heavy atom. The third-order valence-corrected chi connectivity index (χ3v) is 4.63. The zero-order chi connectivity index (χ0) is 13.9. The Bertz CT molecular complexity index is 455. The molecule has 20 heavy (non-hydrogen) atoms. The van der Waals surface area contributed by atoms with E-state index in [2.05, 4.69) is 28.2 Å². The van der Waals surface area contributed by atoms with E-state index in [9.17, 15) is 4.39 Å². The Labute approximate surface area is 120 Å². The molecule has 2 aliphatic rings. The summed E-state index contributed by atoms with van der Waals surface area (Å²) in [6, 6.07) is 5.81. The molecule has 3 nitrogen and oxygen atoms in total. The highest BCUT2D eigenvalue weighted by Gasteiger charge is 2.24. The quantitative estimate of drug-likeness (QED) is 0.903. The summed E-state index contributed by atoms with van der Waals surface area (Å²) in [4.78, 5) is 4.88. The highest BCUT2D eigenvalue weighted by Crippen LogP contribution is 2.32. The molecule has 0 saturated carbocycles. The Morgan fingerprint density at radius 3 is 2.85 bits per heavy atom. The van der Waals surface area contributed by atoms with Gasteiger partial charge in [0.2, 0.25) is 0 Å². The van der Waals surface area contributed by atoms with Crippen LogP contribution in [0.3, 0.4) is 0 Å². The van der Waals surface area contributed by atoms with E-state index >= 15 is 0 Å². The summed E-state index contributed by atoms with van der Waals surface area (Å²) < 4.78 is 13.7. The number of hydrogen-bond donors (Lipinski definition) is 1. The molecule has 1 aliphatic carbocycles. The van der Waals surface area contributed by atoms with Gasteiger partial charge < -0.3 is 10.2 Å². The van der Waals surface area contributed by atoms with Crippen molar-refractivity contribution < 1.29 is 4.39 Å². The largest absolute Gasteiger partial charge is 0.309 e. The Morgan fingerprint density at radius 2 is 2.05 bits per heavy atom. The van der Waals surface area contributed by atoms with Gasteiger partial charge in [-0.2, -0.15) is 0 Å². The molecule has 110 valence electrons. The first-order valence-corrected chi connectivity index (χ1v) is 7.65. The molecule has 1 aliphatic heterocycles. The van der Waals surface area contributed by atoms with Gasteiger partial charge in [0, 0.05) is 45.3 Å². The number of likely N-dealkylation sites (N-methyl/N-ethyl adjacent to an activating group) is 1. The van der Waals surface area contributed by atoms with Crippen LogP contribution in [-0.2, 0) is 6.42 Å². The summed E-state index contributed by atoms with van der Waals surface area (Å²) in [6.45, 7) is 6.73. The van der Waals surface area contributed by atoms with Crippen molar-refractivity contribution >= 4 is 0 Å². The lowest BCUT2D eigenvalue weighted by molar-refractivity contribution is 0.153. The minimum Gasteiger partial charge on any atom is -0.309 e. The third-order valence-electron chi connectivity index (χ3n) is 4.63. The van der Waals surface area contributed by atoms with Crippen molar-refractivity contribution in [3.63, 3.8) is 0 Å². The SMILES string of the molecule is CN1CCN(CCNC2CCc3c(F)cccc32)CC1. The summed E-state index contributed by atoms with van der Waals surface area (Å²) in [5.74, 6) is -0.0362. The topological polar surface area (TPSA) is 18.5 Å². The lowest BCUT2D eigenvalue weighted by Gasteiger charge is -2.32. The molecule has 1 N–H and O–H groups in total. The molecule has 1 unspecified atom stereocenters. The fourth-order valence-electron chi connectivity index (χ4n) is 3.29. The molecule has 0 bridgehead atoms. The van der Waals surface area contributed by atoms with E-state index in [0.29, 0.717) is 6.04 Å². The lowest BCUT2D eigenvalue weighted by Crippen LogP contribution is -2.46. The van der Waals surface area contributed by atoms with Crippen molar-refractivity contribution in [3.8, 4) is 0 Å². The maximum absolute atomic E-state index is 13.7. The van der Waals surface area contributed by atoms with Crippen molar-refractivity contribution in [2.75, 3.05) is 46.3 Å². The first-order valence-electron chi connectivity index (χ1n) is 7.65. The van der Waals surface area contributed by atoms with Crippen LogP contribution < -0.4 is 5.32 Å². The van der Waals surface area contributed by atoms with E-state index in [1.807, 2.05) is 6.07 Å². The number of fused-ring (bicyclic) bond motifs is 1. The molecule has 1 fully saturated rings. The van der Waals surface area contributed by atoms with Gasteiger partial charge >= 0.3 is 0 Å². The zero-order valence-corrected chi connectivity index (χ0v) is 12.2. The molecule has 4 heteroatoms. The number of rotatable bonds is 4.